The number of hydrogen-bond donors (Lipinski definition) is 1. The molecule has 2 aromatic rings. The quantitative estimate of drug-likeness (QED) is 0.909. The van der Waals surface area contributed by atoms with Gasteiger partial charge in [0.15, 0.2) is 6.54 Å². The minimum absolute atomic E-state index is 0.132. The number of fused-ring (bicyclic) bond motifs is 1. The van der Waals surface area contributed by atoms with Crippen molar-refractivity contribution in [2.24, 2.45) is 0 Å². The number of carbonyl (C=O) groups excluding carboxylic acids is 1. The van der Waals surface area contributed by atoms with Crippen molar-refractivity contribution in [3.05, 3.63) is 71.0 Å². The highest BCUT2D eigenvalue weighted by atomic mass is 32.2. The lowest BCUT2D eigenvalue weighted by Gasteiger charge is -2.29. The van der Waals surface area contributed by atoms with Crippen LogP contribution in [0.25, 0.3) is 0 Å². The minimum Gasteiger partial charge on any atom is -0.323 e. The molecule has 0 aromatic heterocycles. The predicted molar refractivity (Wildman–Crippen MR) is 97.9 cm³/mol. The number of benzene rings is 2. The van der Waals surface area contributed by atoms with Crippen LogP contribution in [-0.4, -0.2) is 36.2 Å². The first kappa shape index (κ1) is 16.6. The number of amides is 1. The first-order valence-corrected chi connectivity index (χ1v) is 9.83. The van der Waals surface area contributed by atoms with Gasteiger partial charge in [-0.1, -0.05) is 42.5 Å². The second-order valence-electron chi connectivity index (χ2n) is 6.70. The molecule has 0 aliphatic carbocycles. The predicted octanol–water partition coefficient (Wildman–Crippen LogP) is 2.04. The van der Waals surface area contributed by atoms with Gasteiger partial charge in [0.05, 0.1) is 6.54 Å². The molecule has 1 N–H and O–H groups in total. The van der Waals surface area contributed by atoms with Gasteiger partial charge in [-0.3, -0.25) is 4.79 Å². The van der Waals surface area contributed by atoms with Gasteiger partial charge in [0, 0.05) is 29.8 Å². The number of hydrogen-bond acceptors (Lipinski definition) is 2. The topological polar surface area (TPSA) is 24.8 Å². The number of nitrogens with zero attached hydrogens (tertiary/aromatic N) is 1. The Morgan fingerprint density at radius 1 is 1.16 bits per heavy atom. The number of quaternary nitrogens is 1. The highest BCUT2D eigenvalue weighted by Crippen LogP contribution is 2.38. The van der Waals surface area contributed by atoms with Gasteiger partial charge < -0.3 is 9.80 Å². The van der Waals surface area contributed by atoms with Crippen LogP contribution < -0.4 is 4.90 Å². The Morgan fingerprint density at radius 3 is 2.76 bits per heavy atom. The molecule has 2 aliphatic heterocycles. The largest absolute Gasteiger partial charge is 0.323 e. The normalized spacial score (nSPS) is 22.7. The van der Waals surface area contributed by atoms with Crippen molar-refractivity contribution in [1.29, 1.82) is 0 Å². The first-order chi connectivity index (χ1) is 12.2. The molecule has 2 heterocycles. The molecule has 25 heavy (non-hydrogen) atoms. The Balaban J connectivity index is 1.45. The van der Waals surface area contributed by atoms with Crippen LogP contribution in [0.2, 0.25) is 0 Å². The number of thioether (sulfide) groups is 1. The van der Waals surface area contributed by atoms with Crippen LogP contribution in [0.15, 0.2) is 48.5 Å². The van der Waals surface area contributed by atoms with Gasteiger partial charge in [-0.15, -0.1) is 11.8 Å². The van der Waals surface area contributed by atoms with E-state index in [4.69, 9.17) is 0 Å². The monoisotopic (exact) mass is 357 g/mol. The second-order valence-corrected chi connectivity index (χ2v) is 7.89. The molecule has 0 radical (unpaired) electrons. The fourth-order valence-corrected chi connectivity index (χ4v) is 5.07. The van der Waals surface area contributed by atoms with E-state index >= 15 is 0 Å². The van der Waals surface area contributed by atoms with Crippen molar-refractivity contribution in [3.8, 4) is 0 Å². The Hall–Kier alpha value is -1.85. The summed E-state index contributed by atoms with van der Waals surface area (Å²) in [7, 11) is 0. The molecule has 0 spiro atoms. The summed E-state index contributed by atoms with van der Waals surface area (Å²) in [5.41, 5.74) is 3.37. The van der Waals surface area contributed by atoms with Crippen LogP contribution in [0.4, 0.5) is 4.39 Å². The summed E-state index contributed by atoms with van der Waals surface area (Å²) in [6.45, 7) is 3.06. The summed E-state index contributed by atoms with van der Waals surface area (Å²) in [6, 6.07) is 15.3. The molecular weight excluding hydrogens is 335 g/mol. The summed E-state index contributed by atoms with van der Waals surface area (Å²) in [4.78, 5) is 16.0. The Labute approximate surface area is 151 Å². The van der Waals surface area contributed by atoms with Crippen molar-refractivity contribution in [2.75, 3.05) is 25.4 Å². The molecule has 1 fully saturated rings. The fraction of sp³-hybridized carbons (Fsp3) is 0.350. The molecule has 1 unspecified atom stereocenters. The van der Waals surface area contributed by atoms with Gasteiger partial charge in [-0.2, -0.15) is 0 Å². The van der Waals surface area contributed by atoms with E-state index in [-0.39, 0.29) is 17.1 Å². The van der Waals surface area contributed by atoms with Gasteiger partial charge in [0.2, 0.25) is 0 Å². The third kappa shape index (κ3) is 3.44. The van der Waals surface area contributed by atoms with Crippen molar-refractivity contribution < 1.29 is 14.1 Å². The summed E-state index contributed by atoms with van der Waals surface area (Å²) >= 11 is 1.65. The SMILES string of the molecule is O=C(C[NH+]1CCc2ccccc2C1)N1CCS[C@@H]1c1ccccc1F. The number of nitrogens with one attached hydrogen (secondary N) is 1. The van der Waals surface area contributed by atoms with E-state index in [1.54, 1.807) is 23.9 Å². The van der Waals surface area contributed by atoms with Gasteiger partial charge >= 0.3 is 0 Å². The third-order valence-electron chi connectivity index (χ3n) is 5.09. The van der Waals surface area contributed by atoms with Crippen molar-refractivity contribution in [2.45, 2.75) is 18.3 Å². The molecule has 4 rings (SSSR count). The minimum atomic E-state index is -0.223. The summed E-state index contributed by atoms with van der Waals surface area (Å²) in [5, 5.41) is -0.190. The molecule has 5 heteroatoms. The van der Waals surface area contributed by atoms with Crippen LogP contribution in [0, 0.1) is 5.82 Å². The van der Waals surface area contributed by atoms with Crippen molar-refractivity contribution in [1.82, 2.24) is 4.90 Å². The Kier molecular flexibility index (Phi) is 4.77. The highest BCUT2D eigenvalue weighted by Gasteiger charge is 2.34. The Morgan fingerprint density at radius 2 is 1.92 bits per heavy atom. The van der Waals surface area contributed by atoms with E-state index in [2.05, 4.69) is 24.3 Å². The van der Waals surface area contributed by atoms with Crippen LogP contribution in [0.1, 0.15) is 22.1 Å². The molecule has 0 bridgehead atoms. The molecule has 1 saturated heterocycles. The zero-order chi connectivity index (χ0) is 17.2. The van der Waals surface area contributed by atoms with Gasteiger partial charge in [-0.25, -0.2) is 4.39 Å². The van der Waals surface area contributed by atoms with Crippen LogP contribution >= 0.6 is 11.8 Å². The lowest BCUT2D eigenvalue weighted by Crippen LogP contribution is -3.12. The van der Waals surface area contributed by atoms with Gasteiger partial charge in [0.25, 0.3) is 5.91 Å². The summed E-state index contributed by atoms with van der Waals surface area (Å²) in [5.74, 6) is 0.773. The molecule has 130 valence electrons. The maximum atomic E-state index is 14.1. The third-order valence-corrected chi connectivity index (χ3v) is 6.33. The number of carbonyl (C=O) groups is 1. The molecule has 0 saturated carbocycles. The number of rotatable bonds is 3. The lowest BCUT2D eigenvalue weighted by atomic mass is 10.00. The average Bonchev–Trinajstić information content (AvgIpc) is 3.11. The van der Waals surface area contributed by atoms with Crippen LogP contribution in [0.3, 0.4) is 0 Å². The van der Waals surface area contributed by atoms with Gasteiger partial charge in [0.1, 0.15) is 17.7 Å². The fourth-order valence-electron chi connectivity index (χ4n) is 3.77. The second kappa shape index (κ2) is 7.18. The van der Waals surface area contributed by atoms with E-state index < -0.39 is 0 Å². The van der Waals surface area contributed by atoms with E-state index in [0.717, 1.165) is 25.3 Å². The standard InChI is InChI=1S/C20H21FN2OS/c21-18-8-4-3-7-17(18)20-23(11-12-25-20)19(24)14-22-10-9-15-5-1-2-6-16(15)13-22/h1-8,20H,9-14H2/p+1/t20-/m1/s1. The number of halogens is 1. The summed E-state index contributed by atoms with van der Waals surface area (Å²) in [6.07, 6.45) is 1.02. The molecule has 1 amide bonds. The molecule has 2 aliphatic rings. The maximum Gasteiger partial charge on any atom is 0.278 e. The van der Waals surface area contributed by atoms with Crippen LogP contribution in [0.5, 0.6) is 0 Å². The van der Waals surface area contributed by atoms with E-state index in [0.29, 0.717) is 18.7 Å². The molecule has 3 nitrogen and oxygen atoms in total. The van der Waals surface area contributed by atoms with E-state index in [9.17, 15) is 9.18 Å². The first-order valence-electron chi connectivity index (χ1n) is 8.78. The smallest absolute Gasteiger partial charge is 0.278 e. The molecular formula is C20H22FN2OS+. The summed E-state index contributed by atoms with van der Waals surface area (Å²) < 4.78 is 14.1. The van der Waals surface area contributed by atoms with Crippen LogP contribution in [-0.2, 0) is 17.8 Å². The zero-order valence-electron chi connectivity index (χ0n) is 14.1. The molecule has 2 aromatic carbocycles. The Bertz CT molecular complexity index is 782. The maximum absolute atomic E-state index is 14.1. The average molecular weight is 357 g/mol. The van der Waals surface area contributed by atoms with Crippen molar-refractivity contribution in [3.63, 3.8) is 0 Å². The highest BCUT2D eigenvalue weighted by molar-refractivity contribution is 7.99. The van der Waals surface area contributed by atoms with E-state index in [1.807, 2.05) is 11.0 Å². The van der Waals surface area contributed by atoms with E-state index in [1.165, 1.54) is 22.1 Å². The van der Waals surface area contributed by atoms with Gasteiger partial charge in [-0.05, 0) is 11.6 Å². The zero-order valence-corrected chi connectivity index (χ0v) is 14.9. The lowest BCUT2D eigenvalue weighted by molar-refractivity contribution is -0.908. The van der Waals surface area contributed by atoms with Crippen molar-refractivity contribution >= 4 is 17.7 Å². The molecule has 2 atom stereocenters.